The third-order valence-electron chi connectivity index (χ3n) is 4.45. The monoisotopic (exact) mass is 472 g/mol. The molecule has 0 saturated carbocycles. The van der Waals surface area contributed by atoms with Crippen molar-refractivity contribution in [2.75, 3.05) is 31.3 Å². The molecule has 0 bridgehead atoms. The highest BCUT2D eigenvalue weighted by Gasteiger charge is 2.30. The molecule has 0 aliphatic rings. The summed E-state index contributed by atoms with van der Waals surface area (Å²) < 4.78 is 21.4. The summed E-state index contributed by atoms with van der Waals surface area (Å²) in [6.45, 7) is 2.05. The predicted octanol–water partition coefficient (Wildman–Crippen LogP) is 3.10. The summed E-state index contributed by atoms with van der Waals surface area (Å²) in [7, 11) is 0. The van der Waals surface area contributed by atoms with E-state index in [-0.39, 0.29) is 56.8 Å². The first-order valence-corrected chi connectivity index (χ1v) is 10.5. The highest BCUT2D eigenvalue weighted by Crippen LogP contribution is 2.37. The lowest BCUT2D eigenvalue weighted by Crippen LogP contribution is -2.28. The number of aliphatic hydroxyl groups is 1. The Kier molecular flexibility index (Phi) is 8.74. The Morgan fingerprint density at radius 3 is 2.76 bits per heavy atom. The predicted molar refractivity (Wildman–Crippen MR) is 119 cm³/mol. The van der Waals surface area contributed by atoms with Gasteiger partial charge in [0.15, 0.2) is 0 Å². The molecule has 2 aromatic heterocycles. The van der Waals surface area contributed by atoms with Crippen LogP contribution in [0.3, 0.4) is 0 Å². The zero-order chi connectivity index (χ0) is 24.3. The Morgan fingerprint density at radius 2 is 2.06 bits per heavy atom. The maximum atomic E-state index is 12.0. The van der Waals surface area contributed by atoms with Gasteiger partial charge >= 0.3 is 17.5 Å². The first-order valence-electron chi connectivity index (χ1n) is 10.5. The van der Waals surface area contributed by atoms with Crippen LogP contribution in [0.4, 0.5) is 11.5 Å². The van der Waals surface area contributed by atoms with Crippen molar-refractivity contribution in [3.8, 4) is 17.4 Å². The van der Waals surface area contributed by atoms with Crippen LogP contribution in [0.15, 0.2) is 53.4 Å². The Morgan fingerprint density at radius 1 is 1.24 bits per heavy atom. The summed E-state index contributed by atoms with van der Waals surface area (Å²) in [5.74, 6) is 0.413. The van der Waals surface area contributed by atoms with Gasteiger partial charge in [0.1, 0.15) is 30.2 Å². The number of hydrogen-bond acceptors (Lipinski definition) is 11. The average Bonchev–Trinajstić information content (AvgIpc) is 3.34. The fraction of sp³-hybridized carbons (Fsp3) is 0.318. The van der Waals surface area contributed by atoms with E-state index < -0.39 is 16.6 Å². The molecule has 0 unspecified atom stereocenters. The highest BCUT2D eigenvalue weighted by atomic mass is 16.6. The van der Waals surface area contributed by atoms with Crippen molar-refractivity contribution in [2.24, 2.45) is 0 Å². The number of anilines is 1. The van der Waals surface area contributed by atoms with Gasteiger partial charge in [0, 0.05) is 12.6 Å². The zero-order valence-corrected chi connectivity index (χ0v) is 18.5. The van der Waals surface area contributed by atoms with Crippen LogP contribution in [0.5, 0.6) is 17.4 Å². The minimum atomic E-state index is -0.643. The lowest BCUT2D eigenvalue weighted by Gasteiger charge is -2.22. The van der Waals surface area contributed by atoms with E-state index in [1.54, 1.807) is 37.3 Å². The minimum absolute atomic E-state index is 0.0177. The van der Waals surface area contributed by atoms with Crippen LogP contribution in [-0.2, 0) is 16.1 Å². The minimum Gasteiger partial charge on any atom is -0.491 e. The van der Waals surface area contributed by atoms with Crippen molar-refractivity contribution < 1.29 is 33.5 Å². The van der Waals surface area contributed by atoms with Gasteiger partial charge in [-0.15, -0.1) is 0 Å². The van der Waals surface area contributed by atoms with Crippen LogP contribution >= 0.6 is 0 Å². The van der Waals surface area contributed by atoms with Gasteiger partial charge in [-0.05, 0) is 31.2 Å². The van der Waals surface area contributed by atoms with Gasteiger partial charge in [-0.1, -0.05) is 6.07 Å². The number of aromatic nitrogens is 2. The molecule has 1 aromatic carbocycles. The van der Waals surface area contributed by atoms with Crippen LogP contribution < -0.4 is 14.4 Å². The number of furan rings is 1. The second kappa shape index (κ2) is 12.2. The maximum Gasteiger partial charge on any atom is 0.373 e. The molecule has 0 atom stereocenters. The Labute approximate surface area is 194 Å². The quantitative estimate of drug-likeness (QED) is 0.222. The van der Waals surface area contributed by atoms with Crippen molar-refractivity contribution in [3.63, 3.8) is 0 Å². The van der Waals surface area contributed by atoms with Crippen LogP contribution in [-0.4, -0.2) is 52.3 Å². The molecular formula is C22H24N4O8. The van der Waals surface area contributed by atoms with Crippen molar-refractivity contribution >= 4 is 17.5 Å². The van der Waals surface area contributed by atoms with Crippen LogP contribution in [0.25, 0.3) is 0 Å². The smallest absolute Gasteiger partial charge is 0.373 e. The molecule has 3 rings (SSSR count). The molecule has 0 aliphatic carbocycles. The van der Waals surface area contributed by atoms with Gasteiger partial charge < -0.3 is 28.6 Å². The average molecular weight is 472 g/mol. The standard InChI is InChI=1S/C22H24N4O8/c1-2-31-19(28)8-9-25(14-18-7-4-11-32-18)21-20(26(29)30)22(24-15-23-21)34-17-6-3-5-16(13-17)33-12-10-27/h3-7,11,13,15,27H,2,8-10,12,14H2,1H3. The first-order chi connectivity index (χ1) is 16.5. The maximum absolute atomic E-state index is 12.0. The molecule has 0 amide bonds. The molecule has 3 aromatic rings. The number of ether oxygens (including phenoxy) is 3. The fourth-order valence-corrected chi connectivity index (χ4v) is 3.03. The Balaban J connectivity index is 1.92. The number of hydrogen-bond donors (Lipinski definition) is 1. The normalized spacial score (nSPS) is 10.5. The van der Waals surface area contributed by atoms with Gasteiger partial charge in [-0.2, -0.15) is 4.98 Å². The lowest BCUT2D eigenvalue weighted by molar-refractivity contribution is -0.385. The van der Waals surface area contributed by atoms with E-state index >= 15 is 0 Å². The van der Waals surface area contributed by atoms with E-state index in [9.17, 15) is 14.9 Å². The van der Waals surface area contributed by atoms with Crippen molar-refractivity contribution in [3.05, 3.63) is 64.9 Å². The molecule has 12 nitrogen and oxygen atoms in total. The van der Waals surface area contributed by atoms with Crippen LogP contribution in [0.1, 0.15) is 19.1 Å². The molecule has 34 heavy (non-hydrogen) atoms. The van der Waals surface area contributed by atoms with Crippen molar-refractivity contribution in [1.29, 1.82) is 0 Å². The number of carbonyl (C=O) groups is 1. The van der Waals surface area contributed by atoms with Gasteiger partial charge in [0.05, 0.1) is 37.4 Å². The summed E-state index contributed by atoms with van der Waals surface area (Å²) in [6.07, 6.45) is 2.60. The molecule has 12 heteroatoms. The number of benzene rings is 1. The van der Waals surface area contributed by atoms with E-state index in [4.69, 9.17) is 23.7 Å². The van der Waals surface area contributed by atoms with E-state index in [0.29, 0.717) is 11.5 Å². The van der Waals surface area contributed by atoms with Crippen molar-refractivity contribution in [2.45, 2.75) is 19.9 Å². The molecule has 2 heterocycles. The number of nitro groups is 1. The summed E-state index contributed by atoms with van der Waals surface area (Å²) in [5.41, 5.74) is -0.473. The first kappa shape index (κ1) is 24.5. The fourth-order valence-electron chi connectivity index (χ4n) is 3.03. The van der Waals surface area contributed by atoms with E-state index in [1.165, 1.54) is 17.2 Å². The molecule has 1 N–H and O–H groups in total. The van der Waals surface area contributed by atoms with Gasteiger partial charge in [-0.25, -0.2) is 4.98 Å². The summed E-state index contributed by atoms with van der Waals surface area (Å²) >= 11 is 0. The third-order valence-corrected chi connectivity index (χ3v) is 4.45. The van der Waals surface area contributed by atoms with Crippen LogP contribution in [0, 0.1) is 10.1 Å². The molecule has 0 aliphatic heterocycles. The zero-order valence-electron chi connectivity index (χ0n) is 18.5. The number of esters is 1. The van der Waals surface area contributed by atoms with Gasteiger partial charge in [-0.3, -0.25) is 14.9 Å². The summed E-state index contributed by atoms with van der Waals surface area (Å²) in [4.78, 5) is 32.9. The van der Waals surface area contributed by atoms with Gasteiger partial charge in [0.2, 0.25) is 5.82 Å². The summed E-state index contributed by atoms with van der Waals surface area (Å²) in [5, 5.41) is 21.0. The highest BCUT2D eigenvalue weighted by molar-refractivity contribution is 5.71. The molecule has 0 spiro atoms. The Bertz CT molecular complexity index is 1090. The number of carbonyl (C=O) groups excluding carboxylic acids is 1. The van der Waals surface area contributed by atoms with Gasteiger partial charge in [0.25, 0.3) is 0 Å². The van der Waals surface area contributed by atoms with E-state index in [1.807, 2.05) is 0 Å². The molecule has 0 fully saturated rings. The largest absolute Gasteiger partial charge is 0.491 e. The second-order valence-electron chi connectivity index (χ2n) is 6.81. The van der Waals surface area contributed by atoms with Crippen LogP contribution in [0.2, 0.25) is 0 Å². The molecule has 0 radical (unpaired) electrons. The van der Waals surface area contributed by atoms with E-state index in [2.05, 4.69) is 9.97 Å². The van der Waals surface area contributed by atoms with E-state index in [0.717, 1.165) is 6.33 Å². The number of aliphatic hydroxyl groups excluding tert-OH is 1. The third kappa shape index (κ3) is 6.65. The SMILES string of the molecule is CCOC(=O)CCN(Cc1ccco1)c1ncnc(Oc2cccc(OCCO)c2)c1[N+](=O)[O-]. The van der Waals surface area contributed by atoms with Crippen molar-refractivity contribution in [1.82, 2.24) is 9.97 Å². The molecule has 0 saturated heterocycles. The Hall–Kier alpha value is -4.19. The number of rotatable bonds is 13. The lowest BCUT2D eigenvalue weighted by atomic mass is 10.3. The molecular weight excluding hydrogens is 448 g/mol. The molecule has 180 valence electrons. The second-order valence-corrected chi connectivity index (χ2v) is 6.81. The number of nitrogens with zero attached hydrogens (tertiary/aromatic N) is 4. The summed E-state index contributed by atoms with van der Waals surface area (Å²) in [6, 6.07) is 9.79. The topological polar surface area (TPSA) is 150 Å².